The van der Waals surface area contributed by atoms with Gasteiger partial charge >= 0.3 is 0 Å². The molecule has 2 N–H and O–H groups in total. The molecule has 1 heterocycles. The van der Waals surface area contributed by atoms with Gasteiger partial charge in [-0.05, 0) is 54.6 Å². The number of rotatable bonds is 6. The van der Waals surface area contributed by atoms with E-state index in [1.54, 1.807) is 36.4 Å². The molecule has 6 nitrogen and oxygen atoms in total. The third-order valence-electron chi connectivity index (χ3n) is 3.55. The van der Waals surface area contributed by atoms with Crippen LogP contribution in [0.3, 0.4) is 0 Å². The first kappa shape index (κ1) is 18.8. The van der Waals surface area contributed by atoms with Crippen LogP contribution in [-0.4, -0.2) is 28.4 Å². The van der Waals surface area contributed by atoms with Crippen molar-refractivity contribution in [3.05, 3.63) is 76.5 Å². The number of aromatic nitrogens is 1. The fourth-order valence-corrected chi connectivity index (χ4v) is 2.75. The average molecular weight is 404 g/mol. The summed E-state index contributed by atoms with van der Waals surface area (Å²) >= 11 is 11.8. The molecule has 0 bridgehead atoms. The van der Waals surface area contributed by atoms with E-state index in [-0.39, 0.29) is 12.4 Å². The van der Waals surface area contributed by atoms with Crippen LogP contribution in [0, 0.1) is 0 Å². The number of nitrogens with zero attached hydrogens (tertiary/aromatic N) is 2. The lowest BCUT2D eigenvalue weighted by molar-refractivity contribution is -0.123. The van der Waals surface area contributed by atoms with Gasteiger partial charge in [0.2, 0.25) is 0 Å². The zero-order valence-corrected chi connectivity index (χ0v) is 15.5. The summed E-state index contributed by atoms with van der Waals surface area (Å²) in [6.45, 7) is -0.238. The van der Waals surface area contributed by atoms with E-state index in [9.17, 15) is 9.90 Å². The van der Waals surface area contributed by atoms with Crippen LogP contribution in [0.4, 0.5) is 0 Å². The number of hydrogen-bond acceptors (Lipinski definition) is 4. The highest BCUT2D eigenvalue weighted by molar-refractivity contribution is 6.35. The fraction of sp³-hybridized carbons (Fsp3) is 0.0526. The molecule has 0 spiro atoms. The van der Waals surface area contributed by atoms with Gasteiger partial charge in [-0.1, -0.05) is 23.2 Å². The van der Waals surface area contributed by atoms with Crippen molar-refractivity contribution < 1.29 is 14.6 Å². The number of amides is 1. The predicted molar refractivity (Wildman–Crippen MR) is 105 cm³/mol. The molecule has 0 unspecified atom stereocenters. The van der Waals surface area contributed by atoms with E-state index in [2.05, 4.69) is 10.5 Å². The highest BCUT2D eigenvalue weighted by atomic mass is 35.5. The summed E-state index contributed by atoms with van der Waals surface area (Å²) in [6, 6.07) is 15.2. The first-order valence-corrected chi connectivity index (χ1v) is 8.65. The Kier molecular flexibility index (Phi) is 6.01. The molecular formula is C19H15Cl2N3O3. The summed E-state index contributed by atoms with van der Waals surface area (Å²) in [6.07, 6.45) is 3.36. The number of phenolic OH excluding ortho intramolecular Hbond substituents is 1. The molecule has 0 aliphatic heterocycles. The molecule has 0 atom stereocenters. The molecule has 0 saturated heterocycles. The maximum absolute atomic E-state index is 11.9. The summed E-state index contributed by atoms with van der Waals surface area (Å²) in [5.74, 6) is 0.121. The third kappa shape index (κ3) is 5.03. The summed E-state index contributed by atoms with van der Waals surface area (Å²) in [5.41, 5.74) is 4.00. The summed E-state index contributed by atoms with van der Waals surface area (Å²) in [5, 5.41) is 14.1. The Bertz CT molecular complexity index is 969. The van der Waals surface area contributed by atoms with Crippen molar-refractivity contribution in [1.82, 2.24) is 9.99 Å². The van der Waals surface area contributed by atoms with Gasteiger partial charge < -0.3 is 14.4 Å². The van der Waals surface area contributed by atoms with Gasteiger partial charge in [0, 0.05) is 16.9 Å². The molecule has 2 aromatic carbocycles. The van der Waals surface area contributed by atoms with Gasteiger partial charge in [0.25, 0.3) is 5.91 Å². The van der Waals surface area contributed by atoms with Gasteiger partial charge in [0.15, 0.2) is 6.61 Å². The summed E-state index contributed by atoms with van der Waals surface area (Å²) < 4.78 is 7.20. The lowest BCUT2D eigenvalue weighted by Gasteiger charge is -2.07. The van der Waals surface area contributed by atoms with Crippen LogP contribution < -0.4 is 10.2 Å². The number of hydrogen-bond donors (Lipinski definition) is 2. The van der Waals surface area contributed by atoms with Crippen molar-refractivity contribution in [2.24, 2.45) is 5.10 Å². The Balaban J connectivity index is 1.57. The van der Waals surface area contributed by atoms with Crippen LogP contribution >= 0.6 is 23.2 Å². The van der Waals surface area contributed by atoms with Crippen molar-refractivity contribution in [3.8, 4) is 17.2 Å². The molecule has 0 fully saturated rings. The third-order valence-corrected chi connectivity index (χ3v) is 4.08. The number of halogens is 2. The highest BCUT2D eigenvalue weighted by Gasteiger charge is 2.06. The van der Waals surface area contributed by atoms with Crippen molar-refractivity contribution in [1.29, 1.82) is 0 Å². The molecule has 0 saturated carbocycles. The molecule has 3 aromatic rings. The normalized spacial score (nSPS) is 10.9. The van der Waals surface area contributed by atoms with Crippen molar-refractivity contribution in [2.45, 2.75) is 0 Å². The number of ether oxygens (including phenoxy) is 1. The number of carbonyl (C=O) groups excluding carboxylic acids is 1. The number of benzene rings is 2. The maximum Gasteiger partial charge on any atom is 0.277 e. The van der Waals surface area contributed by atoms with Crippen molar-refractivity contribution >= 4 is 35.3 Å². The van der Waals surface area contributed by atoms with E-state index < -0.39 is 5.91 Å². The Morgan fingerprint density at radius 2 is 1.96 bits per heavy atom. The Morgan fingerprint density at radius 3 is 2.70 bits per heavy atom. The van der Waals surface area contributed by atoms with Crippen LogP contribution in [0.25, 0.3) is 5.69 Å². The topological polar surface area (TPSA) is 75.8 Å². The minimum absolute atomic E-state index is 0.189. The van der Waals surface area contributed by atoms with Crippen LogP contribution in [0.5, 0.6) is 11.5 Å². The van der Waals surface area contributed by atoms with E-state index in [4.69, 9.17) is 27.9 Å². The number of phenols is 1. The average Bonchev–Trinajstić information content (AvgIpc) is 3.10. The van der Waals surface area contributed by atoms with Crippen molar-refractivity contribution in [3.63, 3.8) is 0 Å². The minimum atomic E-state index is -0.431. The first-order valence-electron chi connectivity index (χ1n) is 7.89. The Morgan fingerprint density at radius 1 is 1.19 bits per heavy atom. The number of nitrogens with one attached hydrogen (secondary N) is 1. The van der Waals surface area contributed by atoms with E-state index in [0.717, 1.165) is 11.4 Å². The van der Waals surface area contributed by atoms with E-state index in [1.165, 1.54) is 12.3 Å². The quantitative estimate of drug-likeness (QED) is 0.481. The second-order valence-corrected chi connectivity index (χ2v) is 6.32. The molecule has 0 radical (unpaired) electrons. The highest BCUT2D eigenvalue weighted by Crippen LogP contribution is 2.27. The molecular weight excluding hydrogens is 389 g/mol. The number of carbonyl (C=O) groups is 1. The lowest BCUT2D eigenvalue weighted by atomic mass is 10.3. The SMILES string of the molecule is O=C(COc1ccc(Cl)cc1Cl)N/N=C/c1cccn1-c1ccc(O)cc1. The monoisotopic (exact) mass is 403 g/mol. The molecule has 138 valence electrons. The molecule has 1 aromatic heterocycles. The van der Waals surface area contributed by atoms with Crippen LogP contribution in [0.2, 0.25) is 10.0 Å². The standard InChI is InChI=1S/C19H15Cl2N3O3/c20-13-3-8-18(17(21)10-13)27-12-19(26)23-22-11-15-2-1-9-24(15)14-4-6-16(25)7-5-14/h1-11,25H,12H2,(H,23,26)/b22-11+. The number of hydrazone groups is 1. The second-order valence-electron chi connectivity index (χ2n) is 5.48. The zero-order valence-electron chi connectivity index (χ0n) is 14.0. The molecule has 27 heavy (non-hydrogen) atoms. The molecule has 0 aliphatic rings. The van der Waals surface area contributed by atoms with Crippen LogP contribution in [-0.2, 0) is 4.79 Å². The van der Waals surface area contributed by atoms with Gasteiger partial charge in [0.05, 0.1) is 16.9 Å². The summed E-state index contributed by atoms with van der Waals surface area (Å²) in [7, 11) is 0. The summed E-state index contributed by atoms with van der Waals surface area (Å²) in [4.78, 5) is 11.9. The van der Waals surface area contributed by atoms with Gasteiger partial charge in [-0.15, -0.1) is 0 Å². The van der Waals surface area contributed by atoms with E-state index in [0.29, 0.717) is 15.8 Å². The molecule has 1 amide bonds. The van der Waals surface area contributed by atoms with Gasteiger partial charge in [0.1, 0.15) is 11.5 Å². The smallest absolute Gasteiger partial charge is 0.277 e. The number of aromatic hydroxyl groups is 1. The Labute approximate surface area is 165 Å². The van der Waals surface area contributed by atoms with Gasteiger partial charge in [-0.3, -0.25) is 4.79 Å². The predicted octanol–water partition coefficient (Wildman–Crippen LogP) is 4.02. The second kappa shape index (κ2) is 8.62. The van der Waals surface area contributed by atoms with Crippen molar-refractivity contribution in [2.75, 3.05) is 6.61 Å². The molecule has 0 aliphatic carbocycles. The lowest BCUT2D eigenvalue weighted by Crippen LogP contribution is -2.24. The molecule has 3 rings (SSSR count). The molecule has 8 heteroatoms. The Hall–Kier alpha value is -2.96. The maximum atomic E-state index is 11.9. The zero-order chi connectivity index (χ0) is 19.2. The first-order chi connectivity index (χ1) is 13.0. The van der Waals surface area contributed by atoms with E-state index >= 15 is 0 Å². The van der Waals surface area contributed by atoms with Crippen LogP contribution in [0.1, 0.15) is 5.69 Å². The van der Waals surface area contributed by atoms with E-state index in [1.807, 2.05) is 22.9 Å². The minimum Gasteiger partial charge on any atom is -0.508 e. The van der Waals surface area contributed by atoms with Crippen LogP contribution in [0.15, 0.2) is 65.9 Å². The largest absolute Gasteiger partial charge is 0.508 e. The van der Waals surface area contributed by atoms with Gasteiger partial charge in [-0.2, -0.15) is 5.10 Å². The van der Waals surface area contributed by atoms with Gasteiger partial charge in [-0.25, -0.2) is 5.43 Å². The fourth-order valence-electron chi connectivity index (χ4n) is 2.29.